The summed E-state index contributed by atoms with van der Waals surface area (Å²) in [6.45, 7) is 5.12. The SMILES string of the molecule is CC1(C)CCC(OC(=O)CCCN)CC1. The highest BCUT2D eigenvalue weighted by Gasteiger charge is 2.28. The number of hydrogen-bond acceptors (Lipinski definition) is 3. The zero-order chi connectivity index (χ0) is 11.3. The monoisotopic (exact) mass is 213 g/mol. The first kappa shape index (κ1) is 12.5. The number of carbonyl (C=O) groups is 1. The normalized spacial score (nSPS) is 21.3. The van der Waals surface area contributed by atoms with Gasteiger partial charge in [-0.25, -0.2) is 0 Å². The average molecular weight is 213 g/mol. The molecule has 88 valence electrons. The number of hydrogen-bond donors (Lipinski definition) is 1. The van der Waals surface area contributed by atoms with Gasteiger partial charge in [0.05, 0.1) is 0 Å². The number of esters is 1. The van der Waals surface area contributed by atoms with Crippen molar-refractivity contribution in [3.63, 3.8) is 0 Å². The largest absolute Gasteiger partial charge is 0.462 e. The second kappa shape index (κ2) is 5.50. The van der Waals surface area contributed by atoms with Crippen molar-refractivity contribution in [1.82, 2.24) is 0 Å². The van der Waals surface area contributed by atoms with Gasteiger partial charge in [0, 0.05) is 6.42 Å². The van der Waals surface area contributed by atoms with E-state index in [9.17, 15) is 4.79 Å². The standard InChI is InChI=1S/C12H23NO2/c1-12(2)7-5-10(6-8-12)15-11(14)4-3-9-13/h10H,3-9,13H2,1-2H3. The zero-order valence-corrected chi connectivity index (χ0v) is 9.92. The highest BCUT2D eigenvalue weighted by molar-refractivity contribution is 5.69. The topological polar surface area (TPSA) is 52.3 Å². The maximum atomic E-state index is 11.4. The molecule has 0 bridgehead atoms. The predicted octanol–water partition coefficient (Wildman–Crippen LogP) is 2.24. The summed E-state index contributed by atoms with van der Waals surface area (Å²) < 4.78 is 5.39. The van der Waals surface area contributed by atoms with Crippen molar-refractivity contribution in [2.75, 3.05) is 6.54 Å². The van der Waals surface area contributed by atoms with Crippen molar-refractivity contribution in [2.24, 2.45) is 11.1 Å². The number of carbonyl (C=O) groups excluding carboxylic acids is 1. The fraction of sp³-hybridized carbons (Fsp3) is 0.917. The summed E-state index contributed by atoms with van der Waals surface area (Å²) in [6.07, 6.45) is 5.70. The van der Waals surface area contributed by atoms with E-state index in [0.717, 1.165) is 32.1 Å². The van der Waals surface area contributed by atoms with Crippen LogP contribution in [0.5, 0.6) is 0 Å². The number of rotatable bonds is 4. The first-order chi connectivity index (χ1) is 7.03. The van der Waals surface area contributed by atoms with Crippen LogP contribution < -0.4 is 5.73 Å². The maximum Gasteiger partial charge on any atom is 0.306 e. The van der Waals surface area contributed by atoms with E-state index in [1.807, 2.05) is 0 Å². The molecule has 1 saturated carbocycles. The van der Waals surface area contributed by atoms with Gasteiger partial charge in [-0.3, -0.25) is 4.79 Å². The van der Waals surface area contributed by atoms with Crippen molar-refractivity contribution < 1.29 is 9.53 Å². The van der Waals surface area contributed by atoms with Gasteiger partial charge < -0.3 is 10.5 Å². The highest BCUT2D eigenvalue weighted by Crippen LogP contribution is 2.36. The van der Waals surface area contributed by atoms with Crippen molar-refractivity contribution >= 4 is 5.97 Å². The fourth-order valence-corrected chi connectivity index (χ4v) is 1.98. The van der Waals surface area contributed by atoms with Crippen LogP contribution in [0.1, 0.15) is 52.4 Å². The Morgan fingerprint density at radius 3 is 2.53 bits per heavy atom. The predicted molar refractivity (Wildman–Crippen MR) is 60.4 cm³/mol. The first-order valence-electron chi connectivity index (χ1n) is 5.93. The smallest absolute Gasteiger partial charge is 0.306 e. The maximum absolute atomic E-state index is 11.4. The molecule has 0 unspecified atom stereocenters. The third-order valence-electron chi connectivity index (χ3n) is 3.17. The van der Waals surface area contributed by atoms with Crippen molar-refractivity contribution in [3.05, 3.63) is 0 Å². The summed E-state index contributed by atoms with van der Waals surface area (Å²) in [7, 11) is 0. The van der Waals surface area contributed by atoms with Gasteiger partial charge >= 0.3 is 5.97 Å². The molecule has 1 aliphatic carbocycles. The van der Waals surface area contributed by atoms with Crippen LogP contribution in [0.2, 0.25) is 0 Å². The lowest BCUT2D eigenvalue weighted by Gasteiger charge is -2.33. The molecule has 0 aromatic carbocycles. The molecular weight excluding hydrogens is 190 g/mol. The minimum atomic E-state index is -0.0786. The van der Waals surface area contributed by atoms with Crippen LogP contribution >= 0.6 is 0 Å². The van der Waals surface area contributed by atoms with Crippen LogP contribution in [-0.2, 0) is 9.53 Å². The molecule has 0 aromatic heterocycles. The Kier molecular flexibility index (Phi) is 4.58. The van der Waals surface area contributed by atoms with E-state index in [-0.39, 0.29) is 12.1 Å². The van der Waals surface area contributed by atoms with E-state index in [0.29, 0.717) is 18.4 Å². The Morgan fingerprint density at radius 2 is 2.00 bits per heavy atom. The van der Waals surface area contributed by atoms with Crippen LogP contribution in [0.15, 0.2) is 0 Å². The van der Waals surface area contributed by atoms with Crippen molar-refractivity contribution in [1.29, 1.82) is 0 Å². The van der Waals surface area contributed by atoms with Gasteiger partial charge in [-0.2, -0.15) is 0 Å². The van der Waals surface area contributed by atoms with Gasteiger partial charge in [0.25, 0.3) is 0 Å². The lowest BCUT2D eigenvalue weighted by atomic mass is 9.76. The lowest BCUT2D eigenvalue weighted by molar-refractivity contribution is -0.151. The van der Waals surface area contributed by atoms with Crippen LogP contribution in [0.3, 0.4) is 0 Å². The molecule has 2 N–H and O–H groups in total. The zero-order valence-electron chi connectivity index (χ0n) is 9.92. The van der Waals surface area contributed by atoms with Crippen molar-refractivity contribution in [3.8, 4) is 0 Å². The number of nitrogens with two attached hydrogens (primary N) is 1. The summed E-state index contributed by atoms with van der Waals surface area (Å²) in [6, 6.07) is 0. The molecule has 0 heterocycles. The third-order valence-corrected chi connectivity index (χ3v) is 3.17. The van der Waals surface area contributed by atoms with E-state index in [4.69, 9.17) is 10.5 Å². The second-order valence-corrected chi connectivity index (χ2v) is 5.25. The molecule has 3 heteroatoms. The second-order valence-electron chi connectivity index (χ2n) is 5.25. The summed E-state index contributed by atoms with van der Waals surface area (Å²) >= 11 is 0. The van der Waals surface area contributed by atoms with Gasteiger partial charge in [0.1, 0.15) is 6.10 Å². The highest BCUT2D eigenvalue weighted by atomic mass is 16.5. The van der Waals surface area contributed by atoms with Crippen LogP contribution in [0.25, 0.3) is 0 Å². The molecule has 0 atom stereocenters. The molecule has 1 aliphatic rings. The third kappa shape index (κ3) is 4.65. The summed E-state index contributed by atoms with van der Waals surface area (Å²) in [5.74, 6) is -0.0786. The molecule has 0 saturated heterocycles. The molecule has 0 amide bonds. The quantitative estimate of drug-likeness (QED) is 0.729. The lowest BCUT2D eigenvalue weighted by Crippen LogP contribution is -2.28. The molecule has 1 rings (SSSR count). The summed E-state index contributed by atoms with van der Waals surface area (Å²) in [5.41, 5.74) is 5.77. The van der Waals surface area contributed by atoms with Crippen LogP contribution in [0, 0.1) is 5.41 Å². The van der Waals surface area contributed by atoms with Crippen LogP contribution in [-0.4, -0.2) is 18.6 Å². The Morgan fingerprint density at radius 1 is 1.40 bits per heavy atom. The van der Waals surface area contributed by atoms with Gasteiger partial charge in [0.15, 0.2) is 0 Å². The van der Waals surface area contributed by atoms with E-state index >= 15 is 0 Å². The molecule has 0 spiro atoms. The first-order valence-corrected chi connectivity index (χ1v) is 5.93. The van der Waals surface area contributed by atoms with E-state index in [1.165, 1.54) is 0 Å². The molecule has 15 heavy (non-hydrogen) atoms. The van der Waals surface area contributed by atoms with Crippen molar-refractivity contribution in [2.45, 2.75) is 58.5 Å². The Balaban J connectivity index is 2.21. The molecular formula is C12H23NO2. The Bertz CT molecular complexity index is 204. The fourth-order valence-electron chi connectivity index (χ4n) is 1.98. The van der Waals surface area contributed by atoms with Gasteiger partial charge in [-0.15, -0.1) is 0 Å². The minimum absolute atomic E-state index is 0.0786. The number of ether oxygens (including phenoxy) is 1. The summed E-state index contributed by atoms with van der Waals surface area (Å²) in [5, 5.41) is 0. The molecule has 0 aromatic rings. The van der Waals surface area contributed by atoms with E-state index in [2.05, 4.69) is 13.8 Å². The van der Waals surface area contributed by atoms with Gasteiger partial charge in [0.2, 0.25) is 0 Å². The minimum Gasteiger partial charge on any atom is -0.462 e. The molecule has 3 nitrogen and oxygen atoms in total. The van der Waals surface area contributed by atoms with E-state index < -0.39 is 0 Å². The van der Waals surface area contributed by atoms with Gasteiger partial charge in [-0.1, -0.05) is 13.8 Å². The molecule has 0 aliphatic heterocycles. The Hall–Kier alpha value is -0.570. The Labute approximate surface area is 92.4 Å². The van der Waals surface area contributed by atoms with E-state index in [1.54, 1.807) is 0 Å². The van der Waals surface area contributed by atoms with Gasteiger partial charge in [-0.05, 0) is 44.1 Å². The average Bonchev–Trinajstić information content (AvgIpc) is 2.18. The molecule has 1 fully saturated rings. The summed E-state index contributed by atoms with van der Waals surface area (Å²) in [4.78, 5) is 11.4. The van der Waals surface area contributed by atoms with Crippen LogP contribution in [0.4, 0.5) is 0 Å². The molecule has 0 radical (unpaired) electrons.